The van der Waals surface area contributed by atoms with Crippen LogP contribution >= 0.6 is 0 Å². The van der Waals surface area contributed by atoms with Gasteiger partial charge in [0.15, 0.2) is 0 Å². The minimum absolute atomic E-state index is 0.317. The maximum absolute atomic E-state index is 12.1. The van der Waals surface area contributed by atoms with Crippen LogP contribution in [-0.4, -0.2) is 34.6 Å². The van der Waals surface area contributed by atoms with Crippen LogP contribution in [0.5, 0.6) is 0 Å². The van der Waals surface area contributed by atoms with Crippen molar-refractivity contribution in [1.29, 1.82) is 5.26 Å². The van der Waals surface area contributed by atoms with Crippen molar-refractivity contribution in [3.05, 3.63) is 35.4 Å². The third kappa shape index (κ3) is 3.14. The monoisotopic (exact) mass is 287 g/mol. The number of hydrogen-bond acceptors (Lipinski definition) is 3. The maximum Gasteiger partial charge on any atom is 0.329 e. The van der Waals surface area contributed by atoms with Gasteiger partial charge in [-0.1, -0.05) is 12.1 Å². The number of carbonyl (C=O) groups excluding carboxylic acids is 1. The van der Waals surface area contributed by atoms with Gasteiger partial charge in [0.25, 0.3) is 0 Å². The van der Waals surface area contributed by atoms with Crippen LogP contribution in [0.25, 0.3) is 0 Å². The minimum atomic E-state index is -1.11. The summed E-state index contributed by atoms with van der Waals surface area (Å²) in [5.41, 5.74) is 0.242. The quantitative estimate of drug-likeness (QED) is 0.881. The smallest absolute Gasteiger partial charge is 0.329 e. The molecule has 6 nitrogen and oxygen atoms in total. The van der Waals surface area contributed by atoms with Crippen molar-refractivity contribution in [2.75, 3.05) is 7.05 Å². The Morgan fingerprint density at radius 1 is 1.48 bits per heavy atom. The third-order valence-electron chi connectivity index (χ3n) is 3.79. The Balaban J connectivity index is 1.99. The Morgan fingerprint density at radius 3 is 2.71 bits per heavy atom. The highest BCUT2D eigenvalue weighted by molar-refractivity contribution is 5.87. The Labute approximate surface area is 123 Å². The number of urea groups is 1. The minimum Gasteiger partial charge on any atom is -0.480 e. The van der Waals surface area contributed by atoms with Gasteiger partial charge in [0.1, 0.15) is 5.54 Å². The van der Waals surface area contributed by atoms with Crippen molar-refractivity contribution in [3.8, 4) is 6.07 Å². The normalized spacial score (nSPS) is 15.4. The predicted molar refractivity (Wildman–Crippen MR) is 75.4 cm³/mol. The second-order valence-electron chi connectivity index (χ2n) is 5.34. The van der Waals surface area contributed by atoms with Crippen LogP contribution in [0.2, 0.25) is 0 Å². The highest BCUT2D eigenvalue weighted by atomic mass is 16.4. The Hall–Kier alpha value is -2.55. The summed E-state index contributed by atoms with van der Waals surface area (Å²) in [6, 6.07) is 8.60. The predicted octanol–water partition coefficient (Wildman–Crippen LogP) is 1.71. The van der Waals surface area contributed by atoms with E-state index < -0.39 is 17.5 Å². The standard InChI is InChI=1S/C15H17N3O3/c1-18(10-12-5-2-4-11(8-12)9-16)14(21)17-15(13(19)20)6-3-7-15/h2,4-5,8H,3,6-7,10H2,1H3,(H,17,21)(H,19,20). The molecule has 1 saturated carbocycles. The molecule has 1 aliphatic carbocycles. The molecule has 2 amide bonds. The molecule has 0 bridgehead atoms. The van der Waals surface area contributed by atoms with Gasteiger partial charge in [-0.2, -0.15) is 5.26 Å². The number of rotatable bonds is 4. The topological polar surface area (TPSA) is 93.4 Å². The first-order valence-electron chi connectivity index (χ1n) is 6.72. The average Bonchev–Trinajstić information content (AvgIpc) is 2.42. The first kappa shape index (κ1) is 14.9. The lowest BCUT2D eigenvalue weighted by Crippen LogP contribution is -2.61. The summed E-state index contributed by atoms with van der Waals surface area (Å²) in [4.78, 5) is 24.8. The second kappa shape index (κ2) is 5.83. The number of nitrogens with one attached hydrogen (secondary N) is 1. The van der Waals surface area contributed by atoms with Crippen molar-refractivity contribution in [1.82, 2.24) is 10.2 Å². The summed E-state index contributed by atoms with van der Waals surface area (Å²) in [5.74, 6) is -0.984. The third-order valence-corrected chi connectivity index (χ3v) is 3.79. The zero-order chi connectivity index (χ0) is 15.5. The molecule has 0 aliphatic heterocycles. The Bertz CT molecular complexity index is 602. The highest BCUT2D eigenvalue weighted by Gasteiger charge is 2.46. The van der Waals surface area contributed by atoms with E-state index in [1.165, 1.54) is 4.90 Å². The zero-order valence-corrected chi connectivity index (χ0v) is 11.8. The van der Waals surface area contributed by atoms with E-state index >= 15 is 0 Å². The lowest BCUT2D eigenvalue weighted by molar-refractivity contribution is -0.148. The molecule has 1 aromatic rings. The van der Waals surface area contributed by atoms with Gasteiger partial charge in [-0.3, -0.25) is 0 Å². The number of nitrogens with zero attached hydrogens (tertiary/aromatic N) is 2. The number of hydrogen-bond donors (Lipinski definition) is 2. The molecule has 0 unspecified atom stereocenters. The van der Waals surface area contributed by atoms with E-state index in [2.05, 4.69) is 5.32 Å². The molecule has 6 heteroatoms. The van der Waals surface area contributed by atoms with E-state index in [-0.39, 0.29) is 0 Å². The van der Waals surface area contributed by atoms with Crippen molar-refractivity contribution in [3.63, 3.8) is 0 Å². The fraction of sp³-hybridized carbons (Fsp3) is 0.400. The van der Waals surface area contributed by atoms with Crippen LogP contribution in [0.15, 0.2) is 24.3 Å². The van der Waals surface area contributed by atoms with Gasteiger partial charge in [0, 0.05) is 13.6 Å². The molecule has 0 aromatic heterocycles. The SMILES string of the molecule is CN(Cc1cccc(C#N)c1)C(=O)NC1(C(=O)O)CCC1. The van der Waals surface area contributed by atoms with Crippen LogP contribution in [0.3, 0.4) is 0 Å². The van der Waals surface area contributed by atoms with E-state index in [1.54, 1.807) is 25.2 Å². The average molecular weight is 287 g/mol. The number of carboxylic acids is 1. The van der Waals surface area contributed by atoms with Gasteiger partial charge in [-0.15, -0.1) is 0 Å². The van der Waals surface area contributed by atoms with Crippen LogP contribution in [-0.2, 0) is 11.3 Å². The van der Waals surface area contributed by atoms with Crippen molar-refractivity contribution in [2.24, 2.45) is 0 Å². The van der Waals surface area contributed by atoms with Crippen molar-refractivity contribution in [2.45, 2.75) is 31.3 Å². The van der Waals surface area contributed by atoms with Gasteiger partial charge >= 0.3 is 12.0 Å². The molecular formula is C15H17N3O3. The first-order chi connectivity index (χ1) is 9.97. The lowest BCUT2D eigenvalue weighted by atomic mass is 9.77. The summed E-state index contributed by atoms with van der Waals surface area (Å²) in [7, 11) is 1.60. The maximum atomic E-state index is 12.1. The summed E-state index contributed by atoms with van der Waals surface area (Å²) in [5, 5.41) is 20.7. The lowest BCUT2D eigenvalue weighted by Gasteiger charge is -2.39. The summed E-state index contributed by atoms with van der Waals surface area (Å²) in [6.45, 7) is 0.317. The van der Waals surface area contributed by atoms with E-state index in [0.717, 1.165) is 12.0 Å². The van der Waals surface area contributed by atoms with Crippen molar-refractivity contribution < 1.29 is 14.7 Å². The van der Waals surface area contributed by atoms with Gasteiger partial charge in [-0.25, -0.2) is 9.59 Å². The summed E-state index contributed by atoms with van der Waals surface area (Å²) in [6.07, 6.45) is 1.73. The molecule has 0 spiro atoms. The number of carbonyl (C=O) groups is 2. The molecule has 1 aliphatic rings. The molecule has 2 N–H and O–H groups in total. The highest BCUT2D eigenvalue weighted by Crippen LogP contribution is 2.32. The number of amides is 2. The molecule has 110 valence electrons. The van der Waals surface area contributed by atoms with Crippen LogP contribution in [0.4, 0.5) is 4.79 Å². The van der Waals surface area contributed by atoms with E-state index in [9.17, 15) is 14.7 Å². The number of aliphatic carboxylic acids is 1. The number of benzene rings is 1. The zero-order valence-electron chi connectivity index (χ0n) is 11.8. The number of carboxylic acid groups (broad SMARTS) is 1. The molecule has 0 heterocycles. The van der Waals surface area contributed by atoms with Gasteiger partial charge < -0.3 is 15.3 Å². The Kier molecular flexibility index (Phi) is 4.13. The fourth-order valence-electron chi connectivity index (χ4n) is 2.31. The molecule has 21 heavy (non-hydrogen) atoms. The fourth-order valence-corrected chi connectivity index (χ4v) is 2.31. The molecular weight excluding hydrogens is 270 g/mol. The van der Waals surface area contributed by atoms with Gasteiger partial charge in [-0.05, 0) is 37.0 Å². The van der Waals surface area contributed by atoms with Gasteiger partial charge in [0.05, 0.1) is 11.6 Å². The summed E-state index contributed by atoms with van der Waals surface area (Å²) >= 11 is 0. The van der Waals surface area contributed by atoms with Crippen molar-refractivity contribution >= 4 is 12.0 Å². The summed E-state index contributed by atoms with van der Waals surface area (Å²) < 4.78 is 0. The van der Waals surface area contributed by atoms with E-state index in [1.807, 2.05) is 12.1 Å². The molecule has 0 atom stereocenters. The molecule has 0 saturated heterocycles. The largest absolute Gasteiger partial charge is 0.480 e. The molecule has 1 fully saturated rings. The van der Waals surface area contributed by atoms with Crippen LogP contribution < -0.4 is 5.32 Å². The van der Waals surface area contributed by atoms with Crippen LogP contribution in [0, 0.1) is 11.3 Å². The second-order valence-corrected chi connectivity index (χ2v) is 5.34. The number of nitriles is 1. The van der Waals surface area contributed by atoms with E-state index in [4.69, 9.17) is 5.26 Å². The van der Waals surface area contributed by atoms with Gasteiger partial charge in [0.2, 0.25) is 0 Å². The molecule has 2 rings (SSSR count). The first-order valence-corrected chi connectivity index (χ1v) is 6.72. The molecule has 1 aromatic carbocycles. The molecule has 0 radical (unpaired) electrons. The Morgan fingerprint density at radius 2 is 2.19 bits per heavy atom. The van der Waals surface area contributed by atoms with E-state index in [0.29, 0.717) is 24.9 Å². The van der Waals surface area contributed by atoms with Crippen LogP contribution in [0.1, 0.15) is 30.4 Å².